The highest BCUT2D eigenvalue weighted by Crippen LogP contribution is 2.20. The van der Waals surface area contributed by atoms with E-state index < -0.39 is 0 Å². The van der Waals surface area contributed by atoms with Crippen LogP contribution >= 0.6 is 15.9 Å². The van der Waals surface area contributed by atoms with E-state index in [9.17, 15) is 4.79 Å². The summed E-state index contributed by atoms with van der Waals surface area (Å²) in [7, 11) is 0. The summed E-state index contributed by atoms with van der Waals surface area (Å²) in [5.41, 5.74) is 1.55. The minimum atomic E-state index is -0.0807. The van der Waals surface area contributed by atoms with Crippen LogP contribution in [0.3, 0.4) is 0 Å². The van der Waals surface area contributed by atoms with Crippen LogP contribution in [-0.4, -0.2) is 30.1 Å². The van der Waals surface area contributed by atoms with Gasteiger partial charge in [0.1, 0.15) is 5.69 Å². The highest BCUT2D eigenvalue weighted by Gasteiger charge is 2.17. The largest absolute Gasteiger partial charge is 0.376 e. The monoisotopic (exact) mass is 322 g/mol. The van der Waals surface area contributed by atoms with Gasteiger partial charge in [-0.2, -0.15) is 0 Å². The molecular formula is C14H15BrN2O2. The molecule has 2 aromatic rings. The molecule has 19 heavy (non-hydrogen) atoms. The molecule has 1 atom stereocenters. The van der Waals surface area contributed by atoms with Gasteiger partial charge < -0.3 is 15.0 Å². The molecule has 1 amide bonds. The predicted molar refractivity (Wildman–Crippen MR) is 77.3 cm³/mol. The number of fused-ring (bicyclic) bond motifs is 1. The summed E-state index contributed by atoms with van der Waals surface area (Å²) in [4.78, 5) is 15.2. The van der Waals surface area contributed by atoms with Crippen molar-refractivity contribution in [2.24, 2.45) is 0 Å². The molecule has 1 aromatic heterocycles. The van der Waals surface area contributed by atoms with Crippen LogP contribution in [0.5, 0.6) is 0 Å². The highest BCUT2D eigenvalue weighted by atomic mass is 79.9. The number of hydrogen-bond acceptors (Lipinski definition) is 2. The minimum Gasteiger partial charge on any atom is -0.376 e. The normalized spacial score (nSPS) is 18.9. The van der Waals surface area contributed by atoms with Gasteiger partial charge in [-0.3, -0.25) is 4.79 Å². The molecule has 0 bridgehead atoms. The number of nitrogens with one attached hydrogen (secondary N) is 2. The Balaban J connectivity index is 1.70. The SMILES string of the molecule is O=C(NC[C@H]1CCCO1)c1cc2cc(Br)ccc2[nH]1. The fourth-order valence-corrected chi connectivity index (χ4v) is 2.71. The van der Waals surface area contributed by atoms with Crippen LogP contribution < -0.4 is 5.32 Å². The number of carbonyl (C=O) groups is 1. The average molecular weight is 323 g/mol. The van der Waals surface area contributed by atoms with E-state index >= 15 is 0 Å². The number of hydrogen-bond donors (Lipinski definition) is 2. The molecule has 100 valence electrons. The molecule has 1 aliphatic heterocycles. The summed E-state index contributed by atoms with van der Waals surface area (Å²) in [5, 5.41) is 3.93. The zero-order chi connectivity index (χ0) is 13.2. The summed E-state index contributed by atoms with van der Waals surface area (Å²) < 4.78 is 6.49. The van der Waals surface area contributed by atoms with Crippen molar-refractivity contribution in [3.8, 4) is 0 Å². The van der Waals surface area contributed by atoms with Gasteiger partial charge in [-0.25, -0.2) is 0 Å². The molecule has 1 aliphatic rings. The van der Waals surface area contributed by atoms with Crippen LogP contribution in [0, 0.1) is 0 Å². The fraction of sp³-hybridized carbons (Fsp3) is 0.357. The highest BCUT2D eigenvalue weighted by molar-refractivity contribution is 9.10. The van der Waals surface area contributed by atoms with Crippen LogP contribution in [0.15, 0.2) is 28.7 Å². The summed E-state index contributed by atoms with van der Waals surface area (Å²) in [6.45, 7) is 1.39. The Kier molecular flexibility index (Phi) is 3.57. The molecule has 0 radical (unpaired) electrons. The lowest BCUT2D eigenvalue weighted by atomic mass is 10.2. The first-order valence-electron chi connectivity index (χ1n) is 6.40. The van der Waals surface area contributed by atoms with Crippen molar-refractivity contribution in [2.75, 3.05) is 13.2 Å². The first-order chi connectivity index (χ1) is 9.22. The smallest absolute Gasteiger partial charge is 0.267 e. The molecule has 2 heterocycles. The number of ether oxygens (including phenoxy) is 1. The lowest BCUT2D eigenvalue weighted by Gasteiger charge is -2.09. The summed E-state index contributed by atoms with van der Waals surface area (Å²) >= 11 is 3.42. The second-order valence-corrected chi connectivity index (χ2v) is 5.68. The molecule has 2 N–H and O–H groups in total. The molecular weight excluding hydrogens is 308 g/mol. The zero-order valence-corrected chi connectivity index (χ0v) is 12.0. The van der Waals surface area contributed by atoms with Crippen LogP contribution in [0.25, 0.3) is 10.9 Å². The Hall–Kier alpha value is -1.33. The van der Waals surface area contributed by atoms with Gasteiger partial charge in [0.2, 0.25) is 0 Å². The predicted octanol–water partition coefficient (Wildman–Crippen LogP) is 2.84. The van der Waals surface area contributed by atoms with E-state index in [1.54, 1.807) is 0 Å². The number of rotatable bonds is 3. The second-order valence-electron chi connectivity index (χ2n) is 4.76. The molecule has 0 spiro atoms. The number of H-pyrrole nitrogens is 1. The topological polar surface area (TPSA) is 54.1 Å². The Morgan fingerprint density at radius 1 is 1.47 bits per heavy atom. The van der Waals surface area contributed by atoms with E-state index in [2.05, 4.69) is 26.2 Å². The van der Waals surface area contributed by atoms with Gasteiger partial charge in [-0.05, 0) is 37.1 Å². The third kappa shape index (κ3) is 2.82. The maximum atomic E-state index is 12.0. The lowest BCUT2D eigenvalue weighted by Crippen LogP contribution is -2.31. The van der Waals surface area contributed by atoms with Gasteiger partial charge in [0, 0.05) is 28.5 Å². The van der Waals surface area contributed by atoms with Gasteiger partial charge in [-0.1, -0.05) is 15.9 Å². The first kappa shape index (κ1) is 12.7. The van der Waals surface area contributed by atoms with Crippen molar-refractivity contribution in [3.05, 3.63) is 34.4 Å². The van der Waals surface area contributed by atoms with Crippen LogP contribution in [-0.2, 0) is 4.74 Å². The van der Waals surface area contributed by atoms with Crippen LogP contribution in [0.1, 0.15) is 23.3 Å². The fourth-order valence-electron chi connectivity index (χ4n) is 2.33. The molecule has 4 nitrogen and oxygen atoms in total. The van der Waals surface area contributed by atoms with E-state index in [0.29, 0.717) is 12.2 Å². The van der Waals surface area contributed by atoms with Crippen LogP contribution in [0.4, 0.5) is 0 Å². The van der Waals surface area contributed by atoms with Crippen molar-refractivity contribution < 1.29 is 9.53 Å². The van der Waals surface area contributed by atoms with E-state index in [1.165, 1.54) is 0 Å². The van der Waals surface area contributed by atoms with Crippen molar-refractivity contribution in [3.63, 3.8) is 0 Å². The Labute approximate surface area is 119 Å². The number of aromatic amines is 1. The number of aromatic nitrogens is 1. The van der Waals surface area contributed by atoms with E-state index in [4.69, 9.17) is 4.74 Å². The maximum Gasteiger partial charge on any atom is 0.267 e. The third-order valence-electron chi connectivity index (χ3n) is 3.34. The lowest BCUT2D eigenvalue weighted by molar-refractivity contribution is 0.0854. The summed E-state index contributed by atoms with van der Waals surface area (Å²) in [5.74, 6) is -0.0807. The number of carbonyl (C=O) groups excluding carboxylic acids is 1. The molecule has 0 unspecified atom stereocenters. The number of halogens is 1. The van der Waals surface area contributed by atoms with Crippen molar-refractivity contribution in [1.82, 2.24) is 10.3 Å². The third-order valence-corrected chi connectivity index (χ3v) is 3.83. The molecule has 1 saturated heterocycles. The Morgan fingerprint density at radius 3 is 3.16 bits per heavy atom. The van der Waals surface area contributed by atoms with Gasteiger partial charge in [0.15, 0.2) is 0 Å². The maximum absolute atomic E-state index is 12.0. The molecule has 0 aliphatic carbocycles. The second kappa shape index (κ2) is 5.35. The van der Waals surface area contributed by atoms with Gasteiger partial charge >= 0.3 is 0 Å². The standard InChI is InChI=1S/C14H15BrN2O2/c15-10-3-4-12-9(6-10)7-13(17-12)14(18)16-8-11-2-1-5-19-11/h3-4,6-7,11,17H,1-2,5,8H2,(H,16,18)/t11-/m1/s1. The minimum absolute atomic E-state index is 0.0807. The molecule has 3 rings (SSSR count). The first-order valence-corrected chi connectivity index (χ1v) is 7.20. The molecule has 0 saturated carbocycles. The molecule has 1 aromatic carbocycles. The zero-order valence-electron chi connectivity index (χ0n) is 10.4. The van der Waals surface area contributed by atoms with Crippen molar-refractivity contribution in [1.29, 1.82) is 0 Å². The number of amides is 1. The summed E-state index contributed by atoms with van der Waals surface area (Å²) in [6.07, 6.45) is 2.28. The van der Waals surface area contributed by atoms with Gasteiger partial charge in [0.05, 0.1) is 6.10 Å². The molecule has 1 fully saturated rings. The Morgan fingerprint density at radius 2 is 2.37 bits per heavy atom. The van der Waals surface area contributed by atoms with Crippen LogP contribution in [0.2, 0.25) is 0 Å². The van der Waals surface area contributed by atoms with Crippen molar-refractivity contribution >= 4 is 32.7 Å². The molecule has 5 heteroatoms. The Bertz CT molecular complexity index is 603. The van der Waals surface area contributed by atoms with Gasteiger partial charge in [-0.15, -0.1) is 0 Å². The average Bonchev–Trinajstić information content (AvgIpc) is 3.04. The quantitative estimate of drug-likeness (QED) is 0.913. The summed E-state index contributed by atoms with van der Waals surface area (Å²) in [6, 6.07) is 7.76. The van der Waals surface area contributed by atoms with E-state index in [1.807, 2.05) is 24.3 Å². The number of benzene rings is 1. The van der Waals surface area contributed by atoms with E-state index in [-0.39, 0.29) is 12.0 Å². The van der Waals surface area contributed by atoms with Gasteiger partial charge in [0.25, 0.3) is 5.91 Å². The van der Waals surface area contributed by atoms with Crippen molar-refractivity contribution in [2.45, 2.75) is 18.9 Å². The van der Waals surface area contributed by atoms with E-state index in [0.717, 1.165) is 34.8 Å².